The Morgan fingerprint density at radius 1 is 1.18 bits per heavy atom. The number of aromatic amines is 1. The summed E-state index contributed by atoms with van der Waals surface area (Å²) in [5, 5.41) is 3.41. The molecule has 0 aliphatic carbocycles. The third-order valence-electron chi connectivity index (χ3n) is 4.07. The maximum Gasteiger partial charge on any atom is 0.278 e. The number of amides is 1. The molecule has 0 bridgehead atoms. The fraction of sp³-hybridized carbons (Fsp3) is 0.100. The van der Waals surface area contributed by atoms with Crippen molar-refractivity contribution in [3.05, 3.63) is 76.8 Å². The van der Waals surface area contributed by atoms with E-state index in [0.29, 0.717) is 10.8 Å². The lowest BCUT2D eigenvalue weighted by Gasteiger charge is -2.09. The molecule has 0 saturated carbocycles. The molecule has 0 fully saturated rings. The number of hydrogen-bond donors (Lipinski definition) is 2. The molecule has 140 valence electrons. The number of nitrogens with one attached hydrogen (secondary N) is 2. The van der Waals surface area contributed by atoms with Gasteiger partial charge in [-0.3, -0.25) is 14.2 Å². The van der Waals surface area contributed by atoms with E-state index in [4.69, 9.17) is 0 Å². The van der Waals surface area contributed by atoms with Crippen molar-refractivity contribution in [2.75, 3.05) is 11.1 Å². The van der Waals surface area contributed by atoms with Gasteiger partial charge in [-0.15, -0.1) is 0 Å². The summed E-state index contributed by atoms with van der Waals surface area (Å²) >= 11 is 1.25. The summed E-state index contributed by atoms with van der Waals surface area (Å²) in [6, 6.07) is 17.1. The quantitative estimate of drug-likeness (QED) is 0.510. The number of H-pyrrole nitrogens is 1. The molecule has 2 aromatic heterocycles. The van der Waals surface area contributed by atoms with E-state index in [9.17, 15) is 9.59 Å². The molecule has 2 N–H and O–H groups in total. The van der Waals surface area contributed by atoms with Crippen LogP contribution in [0.15, 0.2) is 70.9 Å². The predicted octanol–water partition coefficient (Wildman–Crippen LogP) is 3.15. The third-order valence-corrected chi connectivity index (χ3v) is 5.01. The Bertz CT molecular complexity index is 1200. The van der Waals surface area contributed by atoms with E-state index in [2.05, 4.69) is 20.3 Å². The second-order valence-electron chi connectivity index (χ2n) is 6.18. The number of carbonyl (C=O) groups is 1. The molecular formula is C20H17N5O2S. The first-order chi connectivity index (χ1) is 13.6. The number of aromatic nitrogens is 4. The van der Waals surface area contributed by atoms with E-state index in [-0.39, 0.29) is 22.7 Å². The minimum atomic E-state index is -0.314. The highest BCUT2D eigenvalue weighted by atomic mass is 32.2. The number of fused-ring (bicyclic) bond motifs is 1. The summed E-state index contributed by atoms with van der Waals surface area (Å²) in [5.41, 5.74) is 3.03. The molecule has 1 amide bonds. The molecular weight excluding hydrogens is 374 g/mol. The number of hydrogen-bond acceptors (Lipinski definition) is 5. The molecule has 28 heavy (non-hydrogen) atoms. The number of thioether (sulfide) groups is 1. The van der Waals surface area contributed by atoms with Crippen molar-refractivity contribution in [2.24, 2.45) is 0 Å². The number of anilines is 1. The number of imidazole rings is 1. The summed E-state index contributed by atoms with van der Waals surface area (Å²) < 4.78 is 1.79. The Kier molecular flexibility index (Phi) is 4.94. The standard InChI is InChI=1S/C20H17N5O2S/c1-13-6-5-7-14(10-13)23-16(26)11-28-20-24-17-18(21-12-22-19(17)27)25(20)15-8-3-2-4-9-15/h2-10,12H,11H2,1H3,(H,23,26)(H,21,22,27). The maximum absolute atomic E-state index is 12.4. The van der Waals surface area contributed by atoms with Gasteiger partial charge in [-0.25, -0.2) is 9.97 Å². The van der Waals surface area contributed by atoms with Gasteiger partial charge in [0.2, 0.25) is 5.91 Å². The summed E-state index contributed by atoms with van der Waals surface area (Å²) in [6.45, 7) is 1.97. The van der Waals surface area contributed by atoms with Crippen molar-refractivity contribution in [3.8, 4) is 5.69 Å². The summed E-state index contributed by atoms with van der Waals surface area (Å²) in [6.07, 6.45) is 1.35. The Balaban J connectivity index is 1.62. The molecule has 0 aliphatic rings. The zero-order chi connectivity index (χ0) is 19.5. The predicted molar refractivity (Wildman–Crippen MR) is 110 cm³/mol. The van der Waals surface area contributed by atoms with E-state index >= 15 is 0 Å². The molecule has 4 rings (SSSR count). The van der Waals surface area contributed by atoms with Crippen LogP contribution in [0, 0.1) is 6.92 Å². The van der Waals surface area contributed by atoms with Gasteiger partial charge in [-0.1, -0.05) is 42.1 Å². The van der Waals surface area contributed by atoms with Crippen LogP contribution in [0.5, 0.6) is 0 Å². The Labute approximate surface area is 164 Å². The second kappa shape index (κ2) is 7.69. The molecule has 0 atom stereocenters. The number of aryl methyl sites for hydroxylation is 1. The van der Waals surface area contributed by atoms with Gasteiger partial charge in [0.05, 0.1) is 12.1 Å². The summed E-state index contributed by atoms with van der Waals surface area (Å²) in [7, 11) is 0. The minimum Gasteiger partial charge on any atom is -0.325 e. The van der Waals surface area contributed by atoms with Gasteiger partial charge >= 0.3 is 0 Å². The monoisotopic (exact) mass is 391 g/mol. The van der Waals surface area contributed by atoms with Crippen molar-refractivity contribution >= 4 is 34.5 Å². The zero-order valence-electron chi connectivity index (χ0n) is 15.0. The molecule has 2 heterocycles. The van der Waals surface area contributed by atoms with Crippen molar-refractivity contribution in [3.63, 3.8) is 0 Å². The molecule has 0 saturated heterocycles. The molecule has 4 aromatic rings. The van der Waals surface area contributed by atoms with Gasteiger partial charge in [0.25, 0.3) is 5.56 Å². The van der Waals surface area contributed by atoms with Gasteiger partial charge in [0, 0.05) is 11.4 Å². The van der Waals surface area contributed by atoms with Gasteiger partial charge < -0.3 is 10.3 Å². The summed E-state index contributed by atoms with van der Waals surface area (Å²) in [4.78, 5) is 35.7. The fourth-order valence-electron chi connectivity index (χ4n) is 2.84. The molecule has 0 spiro atoms. The van der Waals surface area contributed by atoms with Gasteiger partial charge in [-0.05, 0) is 36.8 Å². The highest BCUT2D eigenvalue weighted by molar-refractivity contribution is 7.99. The van der Waals surface area contributed by atoms with Crippen LogP contribution in [0.4, 0.5) is 5.69 Å². The molecule has 2 aromatic carbocycles. The zero-order valence-corrected chi connectivity index (χ0v) is 15.9. The van der Waals surface area contributed by atoms with Crippen LogP contribution in [0.1, 0.15) is 5.56 Å². The highest BCUT2D eigenvalue weighted by Gasteiger charge is 2.17. The molecule has 7 nitrogen and oxygen atoms in total. The van der Waals surface area contributed by atoms with Crippen LogP contribution >= 0.6 is 11.8 Å². The first-order valence-electron chi connectivity index (χ1n) is 8.63. The van der Waals surface area contributed by atoms with E-state index in [1.807, 2.05) is 61.5 Å². The largest absolute Gasteiger partial charge is 0.325 e. The van der Waals surface area contributed by atoms with Crippen molar-refractivity contribution < 1.29 is 4.79 Å². The van der Waals surface area contributed by atoms with Gasteiger partial charge in [0.1, 0.15) is 0 Å². The number of carbonyl (C=O) groups excluding carboxylic acids is 1. The first kappa shape index (κ1) is 18.0. The Morgan fingerprint density at radius 3 is 2.79 bits per heavy atom. The average Bonchev–Trinajstić information content (AvgIpc) is 3.07. The number of nitrogens with zero attached hydrogens (tertiary/aromatic N) is 3. The van der Waals surface area contributed by atoms with Crippen LogP contribution in [0.2, 0.25) is 0 Å². The second-order valence-corrected chi connectivity index (χ2v) is 7.12. The normalized spacial score (nSPS) is 10.9. The highest BCUT2D eigenvalue weighted by Crippen LogP contribution is 2.25. The number of rotatable bonds is 5. The molecule has 0 aliphatic heterocycles. The third kappa shape index (κ3) is 3.67. The van der Waals surface area contributed by atoms with Crippen LogP contribution in [0.3, 0.4) is 0 Å². The maximum atomic E-state index is 12.4. The lowest BCUT2D eigenvalue weighted by molar-refractivity contribution is -0.113. The summed E-state index contributed by atoms with van der Waals surface area (Å²) in [5.74, 6) is 0.00582. The van der Waals surface area contributed by atoms with Crippen LogP contribution in [-0.2, 0) is 4.79 Å². The van der Waals surface area contributed by atoms with Crippen LogP contribution in [-0.4, -0.2) is 31.2 Å². The number of benzene rings is 2. The van der Waals surface area contributed by atoms with Gasteiger partial charge in [-0.2, -0.15) is 0 Å². The lowest BCUT2D eigenvalue weighted by Crippen LogP contribution is -2.14. The van der Waals surface area contributed by atoms with Crippen molar-refractivity contribution in [1.29, 1.82) is 0 Å². The Hall–Kier alpha value is -3.39. The van der Waals surface area contributed by atoms with Crippen LogP contribution < -0.4 is 10.9 Å². The smallest absolute Gasteiger partial charge is 0.278 e. The van der Waals surface area contributed by atoms with E-state index in [1.165, 1.54) is 18.1 Å². The number of para-hydroxylation sites is 1. The molecule has 0 radical (unpaired) electrons. The lowest BCUT2D eigenvalue weighted by atomic mass is 10.2. The molecule has 8 heteroatoms. The van der Waals surface area contributed by atoms with Crippen molar-refractivity contribution in [2.45, 2.75) is 12.1 Å². The van der Waals surface area contributed by atoms with E-state index in [0.717, 1.165) is 16.9 Å². The topological polar surface area (TPSA) is 92.7 Å². The first-order valence-corrected chi connectivity index (χ1v) is 9.61. The SMILES string of the molecule is Cc1cccc(NC(=O)CSc2nc3c(=O)[nH]cnc3n2-c2ccccc2)c1. The fourth-order valence-corrected chi connectivity index (χ4v) is 3.65. The van der Waals surface area contributed by atoms with Crippen molar-refractivity contribution in [1.82, 2.24) is 19.5 Å². The van der Waals surface area contributed by atoms with E-state index in [1.54, 1.807) is 4.57 Å². The Morgan fingerprint density at radius 2 is 2.00 bits per heavy atom. The van der Waals surface area contributed by atoms with Gasteiger partial charge in [0.15, 0.2) is 16.3 Å². The molecule has 0 unspecified atom stereocenters. The average molecular weight is 391 g/mol. The van der Waals surface area contributed by atoms with Crippen LogP contribution in [0.25, 0.3) is 16.9 Å². The minimum absolute atomic E-state index is 0.149. The van der Waals surface area contributed by atoms with E-state index < -0.39 is 0 Å².